The number of amides is 1. The van der Waals surface area contributed by atoms with Crippen molar-refractivity contribution in [2.75, 3.05) is 12.3 Å². The third kappa shape index (κ3) is 6.49. The molecule has 0 radical (unpaired) electrons. The zero-order valence-electron chi connectivity index (χ0n) is 15.4. The molecule has 2 rings (SSSR count). The summed E-state index contributed by atoms with van der Waals surface area (Å²) in [5.41, 5.74) is 1.53. The van der Waals surface area contributed by atoms with Crippen LogP contribution < -0.4 is 5.32 Å². The first kappa shape index (κ1) is 21.6. The summed E-state index contributed by atoms with van der Waals surface area (Å²) in [7, 11) is 0. The van der Waals surface area contributed by atoms with Crippen molar-refractivity contribution in [3.05, 3.63) is 83.9 Å². The van der Waals surface area contributed by atoms with E-state index in [0.29, 0.717) is 0 Å². The van der Waals surface area contributed by atoms with Gasteiger partial charge in [-0.3, -0.25) is 9.59 Å². The second-order valence-corrected chi connectivity index (χ2v) is 7.05. The number of carbonyl (C=O) groups excluding carboxylic acids is 2. The normalized spacial score (nSPS) is 11.7. The first-order valence-corrected chi connectivity index (χ1v) is 9.66. The number of rotatable bonds is 9. The van der Waals surface area contributed by atoms with Crippen LogP contribution >= 0.6 is 11.8 Å². The molecule has 2 aromatic rings. The predicted octanol–water partition coefficient (Wildman–Crippen LogP) is 4.02. The van der Waals surface area contributed by atoms with E-state index >= 15 is 0 Å². The van der Waals surface area contributed by atoms with Crippen LogP contribution in [0.4, 0.5) is 8.78 Å². The van der Waals surface area contributed by atoms with E-state index in [4.69, 9.17) is 4.74 Å². The number of benzene rings is 2. The quantitative estimate of drug-likeness (QED) is 0.506. The summed E-state index contributed by atoms with van der Waals surface area (Å²) in [6.07, 6.45) is 0.598. The fraction of sp³-hybridized carbons (Fsp3) is 0.238. The Labute approximate surface area is 167 Å². The lowest BCUT2D eigenvalue weighted by Crippen LogP contribution is -2.36. The molecule has 4 nitrogen and oxygen atoms in total. The van der Waals surface area contributed by atoms with Gasteiger partial charge in [-0.05, 0) is 42.3 Å². The Balaban J connectivity index is 2.05. The third-order valence-electron chi connectivity index (χ3n) is 3.81. The van der Waals surface area contributed by atoms with Crippen LogP contribution in [0.5, 0.6) is 0 Å². The van der Waals surface area contributed by atoms with Crippen LogP contribution in [0.1, 0.15) is 23.3 Å². The lowest BCUT2D eigenvalue weighted by Gasteiger charge is -2.18. The van der Waals surface area contributed by atoms with Gasteiger partial charge in [0.05, 0.1) is 11.0 Å². The third-order valence-corrected chi connectivity index (χ3v) is 5.09. The number of hydrogen-bond donors (Lipinski definition) is 1. The van der Waals surface area contributed by atoms with E-state index in [1.165, 1.54) is 49.0 Å². The molecule has 2 aromatic carbocycles. The Morgan fingerprint density at radius 1 is 1.07 bits per heavy atom. The van der Waals surface area contributed by atoms with Crippen molar-refractivity contribution in [2.45, 2.75) is 18.3 Å². The molecule has 0 unspecified atom stereocenters. The average molecular weight is 405 g/mol. The van der Waals surface area contributed by atoms with Gasteiger partial charge in [0, 0.05) is 6.54 Å². The highest BCUT2D eigenvalue weighted by atomic mass is 32.2. The van der Waals surface area contributed by atoms with E-state index in [-0.39, 0.29) is 29.2 Å². The highest BCUT2D eigenvalue weighted by Gasteiger charge is 2.21. The van der Waals surface area contributed by atoms with Crippen molar-refractivity contribution < 1.29 is 23.1 Å². The molecular formula is C21H21F2NO3S. The molecule has 0 aliphatic carbocycles. The van der Waals surface area contributed by atoms with E-state index < -0.39 is 18.0 Å². The number of thioether (sulfide) groups is 1. The van der Waals surface area contributed by atoms with Crippen molar-refractivity contribution in [2.24, 2.45) is 0 Å². The van der Waals surface area contributed by atoms with Gasteiger partial charge in [0.15, 0.2) is 6.10 Å². The van der Waals surface area contributed by atoms with Crippen molar-refractivity contribution in [3.63, 3.8) is 0 Å². The summed E-state index contributed by atoms with van der Waals surface area (Å²) in [5.74, 6) is -1.73. The highest BCUT2D eigenvalue weighted by Crippen LogP contribution is 2.35. The SMILES string of the molecule is C=CCNC(=O)[C@@H](C)OC(=O)CSC(c1ccc(F)cc1)c1ccc(F)cc1. The van der Waals surface area contributed by atoms with Crippen LogP contribution in [0.15, 0.2) is 61.2 Å². The number of carbonyl (C=O) groups is 2. The number of ether oxygens (including phenoxy) is 1. The molecule has 1 N–H and O–H groups in total. The Bertz CT molecular complexity index is 764. The fourth-order valence-corrected chi connectivity index (χ4v) is 3.48. The summed E-state index contributed by atoms with van der Waals surface area (Å²) in [4.78, 5) is 23.9. The van der Waals surface area contributed by atoms with E-state index in [1.807, 2.05) is 0 Å². The molecule has 0 aliphatic heterocycles. The molecule has 0 bridgehead atoms. The van der Waals surface area contributed by atoms with Crippen LogP contribution in [0.2, 0.25) is 0 Å². The maximum absolute atomic E-state index is 13.3. The van der Waals surface area contributed by atoms with Gasteiger partial charge in [0.2, 0.25) is 0 Å². The van der Waals surface area contributed by atoms with Crippen LogP contribution in [-0.2, 0) is 14.3 Å². The Kier molecular flexibility index (Phi) is 8.19. The zero-order valence-corrected chi connectivity index (χ0v) is 16.2. The van der Waals surface area contributed by atoms with Gasteiger partial charge in [-0.25, -0.2) is 8.78 Å². The van der Waals surface area contributed by atoms with E-state index in [9.17, 15) is 18.4 Å². The largest absolute Gasteiger partial charge is 0.452 e. The molecule has 1 amide bonds. The fourth-order valence-electron chi connectivity index (χ4n) is 2.41. The number of nitrogens with one attached hydrogen (secondary N) is 1. The second kappa shape index (κ2) is 10.6. The van der Waals surface area contributed by atoms with Crippen LogP contribution in [0.3, 0.4) is 0 Å². The minimum Gasteiger partial charge on any atom is -0.452 e. The second-order valence-electron chi connectivity index (χ2n) is 5.96. The number of halogens is 2. The van der Waals surface area contributed by atoms with Gasteiger partial charge in [0.1, 0.15) is 11.6 Å². The first-order valence-electron chi connectivity index (χ1n) is 8.61. The van der Waals surface area contributed by atoms with Gasteiger partial charge in [-0.2, -0.15) is 0 Å². The molecule has 7 heteroatoms. The zero-order chi connectivity index (χ0) is 20.5. The minimum atomic E-state index is -0.928. The van der Waals surface area contributed by atoms with Crippen molar-refractivity contribution in [3.8, 4) is 0 Å². The first-order chi connectivity index (χ1) is 13.4. The topological polar surface area (TPSA) is 55.4 Å². The lowest BCUT2D eigenvalue weighted by atomic mass is 10.0. The van der Waals surface area contributed by atoms with Crippen LogP contribution in [0, 0.1) is 11.6 Å². The van der Waals surface area contributed by atoms with Gasteiger partial charge in [-0.1, -0.05) is 30.3 Å². The summed E-state index contributed by atoms with van der Waals surface area (Å²) >= 11 is 1.25. The molecule has 1 atom stereocenters. The Morgan fingerprint density at radius 3 is 2.04 bits per heavy atom. The summed E-state index contributed by atoms with van der Waals surface area (Å²) in [6, 6.07) is 11.8. The monoisotopic (exact) mass is 405 g/mol. The summed E-state index contributed by atoms with van der Waals surface area (Å²) in [6.45, 7) is 5.27. The maximum Gasteiger partial charge on any atom is 0.316 e. The molecule has 0 heterocycles. The molecule has 0 saturated carbocycles. The van der Waals surface area contributed by atoms with Gasteiger partial charge in [-0.15, -0.1) is 18.3 Å². The molecule has 148 valence electrons. The summed E-state index contributed by atoms with van der Waals surface area (Å²) in [5, 5.41) is 2.23. The van der Waals surface area contributed by atoms with E-state index in [1.54, 1.807) is 24.3 Å². The Hall–Kier alpha value is -2.67. The van der Waals surface area contributed by atoms with Crippen LogP contribution in [0.25, 0.3) is 0 Å². The van der Waals surface area contributed by atoms with Crippen molar-refractivity contribution >= 4 is 23.6 Å². The predicted molar refractivity (Wildman–Crippen MR) is 106 cm³/mol. The molecule has 0 fully saturated rings. The average Bonchev–Trinajstić information content (AvgIpc) is 2.68. The van der Waals surface area contributed by atoms with Crippen molar-refractivity contribution in [1.29, 1.82) is 0 Å². The maximum atomic E-state index is 13.3. The van der Waals surface area contributed by atoms with Gasteiger partial charge < -0.3 is 10.1 Å². The van der Waals surface area contributed by atoms with Gasteiger partial charge in [0.25, 0.3) is 5.91 Å². The van der Waals surface area contributed by atoms with Crippen molar-refractivity contribution in [1.82, 2.24) is 5.32 Å². The smallest absolute Gasteiger partial charge is 0.316 e. The molecule has 0 aromatic heterocycles. The number of hydrogen-bond acceptors (Lipinski definition) is 4. The molecule has 0 saturated heterocycles. The molecule has 0 aliphatic rings. The highest BCUT2D eigenvalue weighted by molar-refractivity contribution is 8.00. The Morgan fingerprint density at radius 2 is 1.57 bits per heavy atom. The minimum absolute atomic E-state index is 0.0293. The van der Waals surface area contributed by atoms with E-state index in [2.05, 4.69) is 11.9 Å². The number of esters is 1. The van der Waals surface area contributed by atoms with Crippen LogP contribution in [-0.4, -0.2) is 30.3 Å². The van der Waals surface area contributed by atoms with Gasteiger partial charge >= 0.3 is 5.97 Å². The molecule has 0 spiro atoms. The summed E-state index contributed by atoms with van der Waals surface area (Å²) < 4.78 is 31.6. The molecule has 28 heavy (non-hydrogen) atoms. The molecular weight excluding hydrogens is 384 g/mol. The van der Waals surface area contributed by atoms with E-state index in [0.717, 1.165) is 11.1 Å². The standard InChI is InChI=1S/C21H21F2NO3S/c1-3-12-24-21(26)14(2)27-19(25)13-28-20(15-4-8-17(22)9-5-15)16-6-10-18(23)11-7-16/h3-11,14,20H,1,12-13H2,2H3,(H,24,26)/t14-/m1/s1. The lowest BCUT2D eigenvalue weighted by molar-refractivity contribution is -0.152.